The Morgan fingerprint density at radius 2 is 2.03 bits per heavy atom. The van der Waals surface area contributed by atoms with E-state index in [4.69, 9.17) is 26.0 Å². The highest BCUT2D eigenvalue weighted by atomic mass is 35.5. The van der Waals surface area contributed by atoms with Crippen LogP contribution in [-0.4, -0.2) is 34.9 Å². The van der Waals surface area contributed by atoms with Crippen molar-refractivity contribution in [1.29, 1.82) is 0 Å². The van der Waals surface area contributed by atoms with Gasteiger partial charge in [0, 0.05) is 36.4 Å². The normalized spacial score (nSPS) is 22.7. The van der Waals surface area contributed by atoms with E-state index < -0.39 is 11.8 Å². The third-order valence-corrected chi connectivity index (χ3v) is 8.15. The molecule has 194 valence electrons. The van der Waals surface area contributed by atoms with Gasteiger partial charge in [-0.1, -0.05) is 28.9 Å². The minimum absolute atomic E-state index is 0.00467. The molecule has 3 aromatic rings. The molecule has 2 aromatic carbocycles. The van der Waals surface area contributed by atoms with Gasteiger partial charge in [-0.3, -0.25) is 4.79 Å². The summed E-state index contributed by atoms with van der Waals surface area (Å²) in [5.74, 6) is -0.381. The molecule has 2 saturated carbocycles. The van der Waals surface area contributed by atoms with Crippen molar-refractivity contribution in [3.63, 3.8) is 0 Å². The number of carboxylic acid groups (broad SMARTS) is 1. The lowest BCUT2D eigenvalue weighted by atomic mass is 10.0. The number of fused-ring (bicyclic) bond motifs is 2. The van der Waals surface area contributed by atoms with Crippen LogP contribution in [0.5, 0.6) is 0 Å². The predicted octanol–water partition coefficient (Wildman–Crippen LogP) is 6.35. The van der Waals surface area contributed by atoms with Crippen molar-refractivity contribution in [1.82, 2.24) is 5.16 Å². The van der Waals surface area contributed by atoms with Crippen molar-refractivity contribution in [3.05, 3.63) is 69.9 Å². The molecule has 0 unspecified atom stereocenters. The van der Waals surface area contributed by atoms with Crippen molar-refractivity contribution < 1.29 is 27.9 Å². The van der Waals surface area contributed by atoms with Crippen LogP contribution in [0.25, 0.3) is 11.3 Å². The SMILES string of the molecule is O=C(O)CCc1ccc(N2C[C@@H]3C[C@H]2C[C@@H]3OCc2c(-c3c(F)cccc3Cl)noc2C2CC2)c(F)c1. The van der Waals surface area contributed by atoms with Gasteiger partial charge in [-0.05, 0) is 61.9 Å². The lowest BCUT2D eigenvalue weighted by Crippen LogP contribution is -2.39. The maximum absolute atomic E-state index is 14.9. The molecule has 3 atom stereocenters. The second-order valence-electron chi connectivity index (χ2n) is 10.3. The van der Waals surface area contributed by atoms with Crippen LogP contribution in [0.15, 0.2) is 40.9 Å². The fourth-order valence-corrected chi connectivity index (χ4v) is 6.09. The zero-order chi connectivity index (χ0) is 25.7. The third kappa shape index (κ3) is 4.73. The van der Waals surface area contributed by atoms with Gasteiger partial charge >= 0.3 is 5.97 Å². The molecule has 1 saturated heterocycles. The summed E-state index contributed by atoms with van der Waals surface area (Å²) in [6.07, 6.45) is 3.99. The molecule has 37 heavy (non-hydrogen) atoms. The molecule has 2 heterocycles. The number of hydrogen-bond donors (Lipinski definition) is 1. The lowest BCUT2D eigenvalue weighted by molar-refractivity contribution is -0.136. The average molecular weight is 529 g/mol. The molecule has 9 heteroatoms. The number of carboxylic acids is 1. The Bertz CT molecular complexity index is 1320. The summed E-state index contributed by atoms with van der Waals surface area (Å²) in [6, 6.07) is 9.73. The fraction of sp³-hybridized carbons (Fsp3) is 0.429. The molecule has 1 N–H and O–H groups in total. The first-order valence-electron chi connectivity index (χ1n) is 12.7. The number of nitrogens with zero attached hydrogens (tertiary/aromatic N) is 2. The smallest absolute Gasteiger partial charge is 0.303 e. The highest BCUT2D eigenvalue weighted by Crippen LogP contribution is 2.47. The molecule has 3 aliphatic rings. The molecule has 3 fully saturated rings. The Labute approximate surface area is 218 Å². The van der Waals surface area contributed by atoms with Gasteiger partial charge in [0.05, 0.1) is 29.0 Å². The van der Waals surface area contributed by atoms with Crippen LogP contribution in [0.4, 0.5) is 14.5 Å². The van der Waals surface area contributed by atoms with Gasteiger partial charge in [-0.25, -0.2) is 8.78 Å². The highest BCUT2D eigenvalue weighted by Gasteiger charge is 2.46. The number of anilines is 1. The Kier molecular flexibility index (Phi) is 6.41. The molecular formula is C28H27ClF2N2O4. The van der Waals surface area contributed by atoms with Crippen molar-refractivity contribution in [3.8, 4) is 11.3 Å². The number of aryl methyl sites for hydroxylation is 1. The van der Waals surface area contributed by atoms with Crippen LogP contribution < -0.4 is 4.90 Å². The van der Waals surface area contributed by atoms with Crippen molar-refractivity contribution in [2.75, 3.05) is 11.4 Å². The summed E-state index contributed by atoms with van der Waals surface area (Å²) in [6.45, 7) is 0.946. The molecule has 1 aromatic heterocycles. The maximum atomic E-state index is 14.9. The van der Waals surface area contributed by atoms with Gasteiger partial charge in [0.1, 0.15) is 23.1 Å². The van der Waals surface area contributed by atoms with Crippen LogP contribution in [0.1, 0.15) is 54.9 Å². The van der Waals surface area contributed by atoms with E-state index in [1.165, 1.54) is 12.1 Å². The van der Waals surface area contributed by atoms with Crippen LogP contribution in [0, 0.1) is 17.6 Å². The molecule has 2 aliphatic carbocycles. The number of piperidine rings is 1. The minimum atomic E-state index is -0.896. The number of aromatic nitrogens is 1. The molecule has 0 amide bonds. The third-order valence-electron chi connectivity index (χ3n) is 7.83. The second-order valence-corrected chi connectivity index (χ2v) is 10.7. The predicted molar refractivity (Wildman–Crippen MR) is 134 cm³/mol. The van der Waals surface area contributed by atoms with Crippen molar-refractivity contribution in [2.24, 2.45) is 5.92 Å². The Hall–Kier alpha value is -2.97. The first-order chi connectivity index (χ1) is 17.9. The Balaban J connectivity index is 1.15. The second kappa shape index (κ2) is 9.72. The van der Waals surface area contributed by atoms with Crippen molar-refractivity contribution >= 4 is 23.3 Å². The van der Waals surface area contributed by atoms with Crippen LogP contribution in [0.2, 0.25) is 5.02 Å². The number of ether oxygens (including phenoxy) is 1. The van der Waals surface area contributed by atoms with E-state index in [0.29, 0.717) is 29.9 Å². The van der Waals surface area contributed by atoms with Gasteiger partial charge in [0.2, 0.25) is 0 Å². The number of hydrogen-bond acceptors (Lipinski definition) is 5. The van der Waals surface area contributed by atoms with E-state index in [2.05, 4.69) is 10.1 Å². The number of rotatable bonds is 9. The summed E-state index contributed by atoms with van der Waals surface area (Å²) in [5.41, 5.74) is 2.63. The molecule has 0 radical (unpaired) electrons. The van der Waals surface area contributed by atoms with E-state index in [1.54, 1.807) is 18.2 Å². The van der Waals surface area contributed by atoms with E-state index >= 15 is 0 Å². The summed E-state index contributed by atoms with van der Waals surface area (Å²) < 4.78 is 41.6. The highest BCUT2D eigenvalue weighted by molar-refractivity contribution is 6.33. The van der Waals surface area contributed by atoms with Crippen LogP contribution in [0.3, 0.4) is 0 Å². The number of benzene rings is 2. The molecular weight excluding hydrogens is 502 g/mol. The Morgan fingerprint density at radius 3 is 2.70 bits per heavy atom. The Morgan fingerprint density at radius 1 is 1.19 bits per heavy atom. The number of halogens is 3. The maximum Gasteiger partial charge on any atom is 0.303 e. The van der Waals surface area contributed by atoms with Gasteiger partial charge in [0.25, 0.3) is 0 Å². The molecule has 2 bridgehead atoms. The molecule has 1 aliphatic heterocycles. The average Bonchev–Trinajstić information content (AvgIpc) is 3.32. The lowest BCUT2D eigenvalue weighted by Gasteiger charge is -2.33. The van der Waals surface area contributed by atoms with Crippen molar-refractivity contribution in [2.45, 2.75) is 63.2 Å². The van der Waals surface area contributed by atoms with Crippen LogP contribution >= 0.6 is 11.6 Å². The minimum Gasteiger partial charge on any atom is -0.481 e. The van der Waals surface area contributed by atoms with Gasteiger partial charge in [-0.15, -0.1) is 0 Å². The van der Waals surface area contributed by atoms with Gasteiger partial charge in [0.15, 0.2) is 0 Å². The fourth-order valence-electron chi connectivity index (χ4n) is 5.83. The first-order valence-corrected chi connectivity index (χ1v) is 13.1. The standard InChI is InChI=1S/C28H27ClF2N2O4/c29-20-2-1-3-21(30)26(20)27-19(28(37-32-27)16-6-7-16)14-36-24-12-18-11-17(24)13-33(18)23-8-4-15(10-22(23)31)5-9-25(34)35/h1-4,8,10,16-18,24H,5-7,9,11-14H2,(H,34,35)/t17-,18-,24-/m0/s1. The molecule has 6 rings (SSSR count). The van der Waals surface area contributed by atoms with Crippen LogP contribution in [-0.2, 0) is 22.6 Å². The van der Waals surface area contributed by atoms with E-state index in [0.717, 1.165) is 37.0 Å². The monoisotopic (exact) mass is 528 g/mol. The summed E-state index contributed by atoms with van der Waals surface area (Å²) >= 11 is 6.32. The summed E-state index contributed by atoms with van der Waals surface area (Å²) in [5, 5.41) is 13.3. The summed E-state index contributed by atoms with van der Waals surface area (Å²) in [4.78, 5) is 12.9. The summed E-state index contributed by atoms with van der Waals surface area (Å²) in [7, 11) is 0. The van der Waals surface area contributed by atoms with Gasteiger partial charge in [-0.2, -0.15) is 0 Å². The van der Waals surface area contributed by atoms with E-state index in [-0.39, 0.29) is 53.4 Å². The zero-order valence-corrected chi connectivity index (χ0v) is 20.9. The molecule has 6 nitrogen and oxygen atoms in total. The largest absolute Gasteiger partial charge is 0.481 e. The zero-order valence-electron chi connectivity index (χ0n) is 20.1. The molecule has 0 spiro atoms. The van der Waals surface area contributed by atoms with E-state index in [1.807, 2.05) is 6.07 Å². The quantitative estimate of drug-likeness (QED) is 0.349. The number of aliphatic carboxylic acids is 1. The van der Waals surface area contributed by atoms with E-state index in [9.17, 15) is 13.6 Å². The number of carbonyl (C=O) groups is 1. The van der Waals surface area contributed by atoms with Gasteiger partial charge < -0.3 is 19.3 Å². The topological polar surface area (TPSA) is 75.8 Å². The first kappa shape index (κ1) is 24.4.